The van der Waals surface area contributed by atoms with E-state index in [1.165, 1.54) is 4.90 Å². The minimum absolute atomic E-state index is 0.0581. The Balaban J connectivity index is 2.12. The highest BCUT2D eigenvalue weighted by atomic mass is 35.5. The second kappa shape index (κ2) is 13.6. The predicted octanol–water partition coefficient (Wildman–Crippen LogP) is 5.60. The molecule has 0 heterocycles. The van der Waals surface area contributed by atoms with Crippen LogP contribution in [0.15, 0.2) is 72.8 Å². The quantitative estimate of drug-likeness (QED) is 0.301. The molecule has 0 aliphatic heterocycles. The van der Waals surface area contributed by atoms with Crippen molar-refractivity contribution in [3.63, 3.8) is 0 Å². The first kappa shape index (κ1) is 32.9. The molecule has 0 aliphatic rings. The summed E-state index contributed by atoms with van der Waals surface area (Å²) in [5.41, 5.74) is 0.715. The summed E-state index contributed by atoms with van der Waals surface area (Å²) in [6, 6.07) is 17.2. The molecule has 42 heavy (non-hydrogen) atoms. The van der Waals surface area contributed by atoms with E-state index in [1.54, 1.807) is 50.2 Å². The molecule has 1 N–H and O–H groups in total. The lowest BCUT2D eigenvalue weighted by molar-refractivity contribution is -0.140. The van der Waals surface area contributed by atoms with E-state index in [4.69, 9.17) is 11.6 Å². The molecule has 0 aliphatic carbocycles. The van der Waals surface area contributed by atoms with Gasteiger partial charge in [-0.25, -0.2) is 8.42 Å². The third-order valence-electron chi connectivity index (χ3n) is 6.36. The molecule has 3 aromatic carbocycles. The summed E-state index contributed by atoms with van der Waals surface area (Å²) >= 11 is 6.17. The van der Waals surface area contributed by atoms with Gasteiger partial charge in [-0.15, -0.1) is 0 Å². The number of anilines is 1. The Morgan fingerprint density at radius 2 is 1.60 bits per heavy atom. The third-order valence-corrected chi connectivity index (χ3v) is 7.80. The van der Waals surface area contributed by atoms with Gasteiger partial charge in [0, 0.05) is 19.0 Å². The number of hydrogen-bond acceptors (Lipinski definition) is 4. The van der Waals surface area contributed by atoms with Crippen molar-refractivity contribution in [3.8, 4) is 0 Å². The van der Waals surface area contributed by atoms with E-state index in [-0.39, 0.29) is 24.0 Å². The number of sulfonamides is 1. The number of carbonyl (C=O) groups is 2. The Morgan fingerprint density at radius 3 is 2.17 bits per heavy atom. The van der Waals surface area contributed by atoms with Crippen LogP contribution < -0.4 is 9.62 Å². The Bertz CT molecular complexity index is 1520. The molecule has 0 radical (unpaired) electrons. The molecule has 0 saturated heterocycles. The number of halogens is 4. The molecular formula is C30H33ClF3N3O4S. The van der Waals surface area contributed by atoms with Crippen LogP contribution in [0.25, 0.3) is 0 Å². The molecule has 226 valence electrons. The summed E-state index contributed by atoms with van der Waals surface area (Å²) < 4.78 is 66.8. The van der Waals surface area contributed by atoms with Gasteiger partial charge >= 0.3 is 6.18 Å². The van der Waals surface area contributed by atoms with E-state index >= 15 is 0 Å². The topological polar surface area (TPSA) is 86.8 Å². The summed E-state index contributed by atoms with van der Waals surface area (Å²) in [6.07, 6.45) is -3.89. The molecule has 0 saturated carbocycles. The number of carbonyl (C=O) groups excluding carboxylic acids is 2. The maximum atomic E-state index is 14.1. The first-order chi connectivity index (χ1) is 19.6. The highest BCUT2D eigenvalue weighted by molar-refractivity contribution is 7.92. The highest BCUT2D eigenvalue weighted by Crippen LogP contribution is 2.36. The molecule has 12 heteroatoms. The van der Waals surface area contributed by atoms with Gasteiger partial charge in [0.1, 0.15) is 12.6 Å². The standard InChI is InChI=1S/C30H33ClF3N3O4S/c1-20(2)35-29(39)27(16-22-10-6-5-7-11-22)36(18-23-12-8-9-21(3)15-23)28(38)19-37(42(4,40)41)26-17-24(30(32,33)34)13-14-25(26)31/h5-15,17,20,27H,16,18-19H2,1-4H3,(H,35,39)/t27-/m0/s1. The zero-order chi connectivity index (χ0) is 31.2. The minimum atomic E-state index is -4.78. The summed E-state index contributed by atoms with van der Waals surface area (Å²) in [4.78, 5) is 28.9. The molecule has 7 nitrogen and oxygen atoms in total. The molecule has 0 bridgehead atoms. The van der Waals surface area contributed by atoms with Crippen LogP contribution in [0.3, 0.4) is 0 Å². The zero-order valence-electron chi connectivity index (χ0n) is 23.7. The van der Waals surface area contributed by atoms with E-state index in [2.05, 4.69) is 5.32 Å². The maximum absolute atomic E-state index is 14.1. The lowest BCUT2D eigenvalue weighted by atomic mass is 10.0. The largest absolute Gasteiger partial charge is 0.416 e. The highest BCUT2D eigenvalue weighted by Gasteiger charge is 2.36. The maximum Gasteiger partial charge on any atom is 0.416 e. The average Bonchev–Trinajstić information content (AvgIpc) is 2.88. The Kier molecular flexibility index (Phi) is 10.7. The number of alkyl halides is 3. The Hall–Kier alpha value is -3.57. The lowest BCUT2D eigenvalue weighted by Gasteiger charge is -2.34. The number of hydrogen-bond donors (Lipinski definition) is 1. The van der Waals surface area contributed by atoms with Crippen molar-refractivity contribution in [2.24, 2.45) is 0 Å². The van der Waals surface area contributed by atoms with E-state index in [0.717, 1.165) is 29.5 Å². The lowest BCUT2D eigenvalue weighted by Crippen LogP contribution is -2.54. The number of amides is 2. The van der Waals surface area contributed by atoms with Crippen molar-refractivity contribution >= 4 is 39.1 Å². The van der Waals surface area contributed by atoms with E-state index < -0.39 is 51.9 Å². The van der Waals surface area contributed by atoms with Gasteiger partial charge < -0.3 is 10.2 Å². The van der Waals surface area contributed by atoms with Crippen LogP contribution in [0.4, 0.5) is 18.9 Å². The fourth-order valence-electron chi connectivity index (χ4n) is 4.42. The number of nitrogens with zero attached hydrogens (tertiary/aromatic N) is 2. The van der Waals surface area contributed by atoms with Crippen molar-refractivity contribution in [3.05, 3.63) is 100 Å². The van der Waals surface area contributed by atoms with Gasteiger partial charge in [-0.2, -0.15) is 13.2 Å². The summed E-state index contributed by atoms with van der Waals surface area (Å²) in [5.74, 6) is -1.26. The molecule has 3 aromatic rings. The van der Waals surface area contributed by atoms with Crippen molar-refractivity contribution < 1.29 is 31.2 Å². The van der Waals surface area contributed by atoms with Gasteiger partial charge in [-0.3, -0.25) is 13.9 Å². The second-order valence-electron chi connectivity index (χ2n) is 10.3. The SMILES string of the molecule is Cc1cccc(CN(C(=O)CN(c2cc(C(F)(F)F)ccc2Cl)S(C)(=O)=O)[C@@H](Cc2ccccc2)C(=O)NC(C)C)c1. The Morgan fingerprint density at radius 1 is 0.952 bits per heavy atom. The van der Waals surface area contributed by atoms with Gasteiger partial charge in [0.2, 0.25) is 21.8 Å². The number of aryl methyl sites for hydroxylation is 1. The van der Waals surface area contributed by atoms with Gasteiger partial charge in [0.15, 0.2) is 0 Å². The van der Waals surface area contributed by atoms with Crippen LogP contribution in [-0.4, -0.2) is 50.0 Å². The van der Waals surface area contributed by atoms with Gasteiger partial charge in [0.05, 0.1) is 22.5 Å². The zero-order valence-corrected chi connectivity index (χ0v) is 25.2. The van der Waals surface area contributed by atoms with Crippen LogP contribution in [0, 0.1) is 6.92 Å². The summed E-state index contributed by atoms with van der Waals surface area (Å²) in [6.45, 7) is 4.46. The van der Waals surface area contributed by atoms with E-state index in [0.29, 0.717) is 15.9 Å². The van der Waals surface area contributed by atoms with Crippen molar-refractivity contribution in [2.75, 3.05) is 17.1 Å². The molecule has 3 rings (SSSR count). The molecule has 0 spiro atoms. The van der Waals surface area contributed by atoms with Gasteiger partial charge in [-0.1, -0.05) is 71.8 Å². The van der Waals surface area contributed by atoms with Gasteiger partial charge in [0.25, 0.3) is 0 Å². The van der Waals surface area contributed by atoms with Crippen molar-refractivity contribution in [1.82, 2.24) is 10.2 Å². The average molecular weight is 624 g/mol. The monoisotopic (exact) mass is 623 g/mol. The summed E-state index contributed by atoms with van der Waals surface area (Å²) in [5, 5.41) is 2.55. The van der Waals surface area contributed by atoms with Gasteiger partial charge in [-0.05, 0) is 50.1 Å². The molecule has 0 aromatic heterocycles. The van der Waals surface area contributed by atoms with Crippen LogP contribution in [0.2, 0.25) is 5.02 Å². The minimum Gasteiger partial charge on any atom is -0.352 e. The summed E-state index contributed by atoms with van der Waals surface area (Å²) in [7, 11) is -4.30. The Labute approximate surface area is 249 Å². The second-order valence-corrected chi connectivity index (χ2v) is 12.6. The number of benzene rings is 3. The first-order valence-electron chi connectivity index (χ1n) is 13.1. The van der Waals surface area contributed by atoms with Crippen LogP contribution >= 0.6 is 11.6 Å². The van der Waals surface area contributed by atoms with Crippen molar-refractivity contribution in [1.29, 1.82) is 0 Å². The van der Waals surface area contributed by atoms with E-state index in [9.17, 15) is 31.2 Å². The number of nitrogens with one attached hydrogen (secondary N) is 1. The van der Waals surface area contributed by atoms with Crippen molar-refractivity contribution in [2.45, 2.75) is 52.0 Å². The van der Waals surface area contributed by atoms with Crippen LogP contribution in [0.5, 0.6) is 0 Å². The molecule has 0 fully saturated rings. The third kappa shape index (κ3) is 8.96. The smallest absolute Gasteiger partial charge is 0.352 e. The van der Waals surface area contributed by atoms with E-state index in [1.807, 2.05) is 25.1 Å². The first-order valence-corrected chi connectivity index (χ1v) is 15.3. The molecule has 1 atom stereocenters. The molecule has 0 unspecified atom stereocenters. The predicted molar refractivity (Wildman–Crippen MR) is 158 cm³/mol. The normalized spacial score (nSPS) is 12.6. The molecule has 2 amide bonds. The fraction of sp³-hybridized carbons (Fsp3) is 0.333. The van der Waals surface area contributed by atoms with Crippen LogP contribution in [0.1, 0.15) is 36.1 Å². The fourth-order valence-corrected chi connectivity index (χ4v) is 5.54. The number of rotatable bonds is 11. The van der Waals surface area contributed by atoms with Crippen LogP contribution in [-0.2, 0) is 38.8 Å². The molecular weight excluding hydrogens is 591 g/mol.